The molecule has 0 saturated carbocycles. The predicted octanol–water partition coefficient (Wildman–Crippen LogP) is 4.32. The molecule has 0 aliphatic carbocycles. The smallest absolute Gasteiger partial charge is 0.328 e. The average Bonchev–Trinajstić information content (AvgIpc) is 2.61. The van der Waals surface area contributed by atoms with Crippen molar-refractivity contribution >= 4 is 34.5 Å². The van der Waals surface area contributed by atoms with Crippen LogP contribution in [-0.4, -0.2) is 28.2 Å². The highest BCUT2D eigenvalue weighted by molar-refractivity contribution is 6.30. The topological polar surface area (TPSA) is 81.5 Å². The number of benzene rings is 2. The van der Waals surface area contributed by atoms with Crippen LogP contribution < -0.4 is 9.47 Å². The molecule has 2 aromatic carbocycles. The first-order chi connectivity index (χ1) is 12.5. The van der Waals surface area contributed by atoms with Gasteiger partial charge in [0.2, 0.25) is 5.88 Å². The van der Waals surface area contributed by atoms with E-state index in [0.29, 0.717) is 22.2 Å². The lowest BCUT2D eigenvalue weighted by atomic mass is 10.1. The van der Waals surface area contributed by atoms with E-state index in [1.54, 1.807) is 12.1 Å². The van der Waals surface area contributed by atoms with Crippen LogP contribution in [0.3, 0.4) is 0 Å². The number of carbonyl (C=O) groups is 1. The molecule has 1 aromatic heterocycles. The molecule has 0 aliphatic heterocycles. The van der Waals surface area contributed by atoms with E-state index in [1.807, 2.05) is 0 Å². The number of rotatable bonds is 5. The number of aliphatic carboxylic acids is 1. The Bertz CT molecular complexity index is 1020. The molecule has 3 aromatic rings. The van der Waals surface area contributed by atoms with Gasteiger partial charge in [0.05, 0.1) is 18.0 Å². The molecule has 8 heteroatoms. The Kier molecular flexibility index (Phi) is 4.99. The number of fused-ring (bicyclic) bond motifs is 1. The zero-order chi connectivity index (χ0) is 18.7. The van der Waals surface area contributed by atoms with Gasteiger partial charge in [0, 0.05) is 16.7 Å². The fourth-order valence-corrected chi connectivity index (χ4v) is 2.45. The number of aromatic nitrogens is 2. The number of ether oxygens (including phenoxy) is 2. The first-order valence-electron chi connectivity index (χ1n) is 7.34. The Morgan fingerprint density at radius 2 is 2.04 bits per heavy atom. The van der Waals surface area contributed by atoms with Crippen LogP contribution in [0.15, 0.2) is 42.7 Å². The van der Waals surface area contributed by atoms with Crippen molar-refractivity contribution in [1.29, 1.82) is 0 Å². The number of methoxy groups -OCH3 is 1. The second-order valence-corrected chi connectivity index (χ2v) is 5.57. The summed E-state index contributed by atoms with van der Waals surface area (Å²) in [6.07, 6.45) is 3.65. The second kappa shape index (κ2) is 7.37. The maximum absolute atomic E-state index is 14.0. The van der Waals surface area contributed by atoms with E-state index < -0.39 is 11.8 Å². The standard InChI is InChI=1S/C18H12ClFN2O4/c1-25-16-8-12-14(6-10(16)2-5-17(23)24)21-9-22-18(12)26-15-4-3-11(19)7-13(15)20/h2-9H,1H3,(H,23,24)/b5-2+. The second-order valence-electron chi connectivity index (χ2n) is 5.14. The van der Waals surface area contributed by atoms with Gasteiger partial charge in [0.25, 0.3) is 0 Å². The lowest BCUT2D eigenvalue weighted by Crippen LogP contribution is -1.96. The minimum Gasteiger partial charge on any atom is -0.496 e. The van der Waals surface area contributed by atoms with Crippen LogP contribution in [0.4, 0.5) is 4.39 Å². The highest BCUT2D eigenvalue weighted by Crippen LogP contribution is 2.33. The summed E-state index contributed by atoms with van der Waals surface area (Å²) in [5, 5.41) is 9.51. The fraction of sp³-hybridized carbons (Fsp3) is 0.0556. The van der Waals surface area contributed by atoms with Crippen molar-refractivity contribution in [3.05, 3.63) is 59.1 Å². The minimum atomic E-state index is -1.09. The summed E-state index contributed by atoms with van der Waals surface area (Å²) in [5.41, 5.74) is 1.000. The molecule has 0 amide bonds. The first kappa shape index (κ1) is 17.6. The van der Waals surface area contributed by atoms with Gasteiger partial charge >= 0.3 is 5.97 Å². The third kappa shape index (κ3) is 3.73. The SMILES string of the molecule is COc1cc2c(Oc3ccc(Cl)cc3F)ncnc2cc1/C=C/C(=O)O. The van der Waals surface area contributed by atoms with Crippen molar-refractivity contribution in [2.75, 3.05) is 7.11 Å². The number of carboxylic acids is 1. The third-order valence-corrected chi connectivity index (χ3v) is 3.69. The summed E-state index contributed by atoms with van der Waals surface area (Å²) in [4.78, 5) is 18.9. The zero-order valence-corrected chi connectivity index (χ0v) is 14.2. The molecule has 0 bridgehead atoms. The highest BCUT2D eigenvalue weighted by Gasteiger charge is 2.13. The molecular weight excluding hydrogens is 363 g/mol. The van der Waals surface area contributed by atoms with Gasteiger partial charge in [-0.25, -0.2) is 19.2 Å². The van der Waals surface area contributed by atoms with Crippen LogP contribution >= 0.6 is 11.6 Å². The van der Waals surface area contributed by atoms with E-state index in [-0.39, 0.29) is 16.7 Å². The molecule has 132 valence electrons. The molecule has 3 rings (SSSR count). The molecule has 0 aliphatic rings. The molecule has 0 fully saturated rings. The summed E-state index contributed by atoms with van der Waals surface area (Å²) in [5.74, 6) is -1.23. The molecule has 26 heavy (non-hydrogen) atoms. The van der Waals surface area contributed by atoms with Crippen LogP contribution in [0, 0.1) is 5.82 Å². The predicted molar refractivity (Wildman–Crippen MR) is 94.2 cm³/mol. The van der Waals surface area contributed by atoms with Crippen molar-refractivity contribution in [2.45, 2.75) is 0 Å². The van der Waals surface area contributed by atoms with Gasteiger partial charge in [-0.1, -0.05) is 11.6 Å². The summed E-state index contributed by atoms with van der Waals surface area (Å²) < 4.78 is 24.8. The Labute approximate surface area is 152 Å². The van der Waals surface area contributed by atoms with Crippen molar-refractivity contribution in [3.8, 4) is 17.4 Å². The van der Waals surface area contributed by atoms with Crippen LogP contribution in [0.25, 0.3) is 17.0 Å². The van der Waals surface area contributed by atoms with Gasteiger partial charge in [0.1, 0.15) is 12.1 Å². The van der Waals surface area contributed by atoms with Crippen LogP contribution in [0.1, 0.15) is 5.56 Å². The Morgan fingerprint density at radius 1 is 1.23 bits per heavy atom. The van der Waals surface area contributed by atoms with Crippen molar-refractivity contribution in [3.63, 3.8) is 0 Å². The maximum Gasteiger partial charge on any atom is 0.328 e. The van der Waals surface area contributed by atoms with Gasteiger partial charge in [-0.2, -0.15) is 0 Å². The van der Waals surface area contributed by atoms with Gasteiger partial charge in [-0.3, -0.25) is 0 Å². The minimum absolute atomic E-state index is 0.0387. The molecule has 0 saturated heterocycles. The first-order valence-corrected chi connectivity index (χ1v) is 7.72. The summed E-state index contributed by atoms with van der Waals surface area (Å²) in [7, 11) is 1.45. The van der Waals surface area contributed by atoms with E-state index >= 15 is 0 Å². The Balaban J connectivity index is 2.08. The number of hydrogen-bond donors (Lipinski definition) is 1. The summed E-state index contributed by atoms with van der Waals surface area (Å²) >= 11 is 5.74. The van der Waals surface area contributed by atoms with E-state index in [9.17, 15) is 9.18 Å². The molecule has 1 heterocycles. The van der Waals surface area contributed by atoms with Crippen molar-refractivity contribution < 1.29 is 23.8 Å². The van der Waals surface area contributed by atoms with Gasteiger partial charge < -0.3 is 14.6 Å². The maximum atomic E-state index is 14.0. The summed E-state index contributed by atoms with van der Waals surface area (Å²) in [6.45, 7) is 0. The normalized spacial score (nSPS) is 11.0. The van der Waals surface area contributed by atoms with Crippen LogP contribution in [0.2, 0.25) is 5.02 Å². The largest absolute Gasteiger partial charge is 0.496 e. The highest BCUT2D eigenvalue weighted by atomic mass is 35.5. The van der Waals surface area contributed by atoms with E-state index in [1.165, 1.54) is 31.6 Å². The number of nitrogens with zero attached hydrogens (tertiary/aromatic N) is 2. The van der Waals surface area contributed by atoms with E-state index in [2.05, 4.69) is 9.97 Å². The van der Waals surface area contributed by atoms with Crippen molar-refractivity contribution in [1.82, 2.24) is 9.97 Å². The average molecular weight is 375 g/mol. The number of hydrogen-bond acceptors (Lipinski definition) is 5. The lowest BCUT2D eigenvalue weighted by molar-refractivity contribution is -0.131. The van der Waals surface area contributed by atoms with Crippen LogP contribution in [0.5, 0.6) is 17.4 Å². The van der Waals surface area contributed by atoms with Gasteiger partial charge in [0.15, 0.2) is 11.6 Å². The quantitative estimate of drug-likeness (QED) is 0.670. The lowest BCUT2D eigenvalue weighted by Gasteiger charge is -2.11. The Morgan fingerprint density at radius 3 is 2.73 bits per heavy atom. The molecule has 0 radical (unpaired) electrons. The fourth-order valence-electron chi connectivity index (χ4n) is 2.29. The monoisotopic (exact) mass is 374 g/mol. The molecule has 0 spiro atoms. The van der Waals surface area contributed by atoms with Crippen molar-refractivity contribution in [2.24, 2.45) is 0 Å². The zero-order valence-electron chi connectivity index (χ0n) is 13.4. The molecular formula is C18H12ClFN2O4. The third-order valence-electron chi connectivity index (χ3n) is 3.46. The van der Waals surface area contributed by atoms with E-state index in [4.69, 9.17) is 26.2 Å². The molecule has 6 nitrogen and oxygen atoms in total. The molecule has 0 atom stereocenters. The van der Waals surface area contributed by atoms with Crippen LogP contribution in [-0.2, 0) is 4.79 Å². The summed E-state index contributed by atoms with van der Waals surface area (Å²) in [6, 6.07) is 7.25. The number of halogens is 2. The number of carboxylic acid groups (broad SMARTS) is 1. The van der Waals surface area contributed by atoms with E-state index in [0.717, 1.165) is 12.1 Å². The van der Waals surface area contributed by atoms with Gasteiger partial charge in [-0.15, -0.1) is 0 Å². The molecule has 0 unspecified atom stereocenters. The van der Waals surface area contributed by atoms with Gasteiger partial charge in [-0.05, 0) is 36.4 Å². The molecule has 1 N–H and O–H groups in total. The Hall–Kier alpha value is -3.19.